The number of pyridine rings is 1. The molecule has 6 nitrogen and oxygen atoms in total. The van der Waals surface area contributed by atoms with Crippen LogP contribution in [0.1, 0.15) is 10.4 Å². The summed E-state index contributed by atoms with van der Waals surface area (Å²) in [5, 5.41) is 9.02. The van der Waals surface area contributed by atoms with Crippen molar-refractivity contribution < 1.29 is 18.3 Å². The fourth-order valence-corrected chi connectivity index (χ4v) is 2.73. The number of hydrogen-bond donors (Lipinski definition) is 2. The van der Waals surface area contributed by atoms with Crippen molar-refractivity contribution in [3.8, 4) is 0 Å². The molecule has 0 unspecified atom stereocenters. The second-order valence-corrected chi connectivity index (χ2v) is 5.95. The van der Waals surface area contributed by atoms with Gasteiger partial charge in [-0.25, -0.2) is 13.2 Å². The predicted molar refractivity (Wildman–Crippen MR) is 73.5 cm³/mol. The third-order valence-electron chi connectivity index (χ3n) is 2.34. The van der Waals surface area contributed by atoms with Crippen molar-refractivity contribution in [2.75, 3.05) is 4.72 Å². The van der Waals surface area contributed by atoms with Gasteiger partial charge in [-0.3, -0.25) is 9.71 Å². The molecule has 0 saturated carbocycles. The van der Waals surface area contributed by atoms with E-state index in [9.17, 15) is 13.2 Å². The number of aromatic nitrogens is 1. The predicted octanol–water partition coefficient (Wildman–Crippen LogP) is 2.23. The zero-order valence-electron chi connectivity index (χ0n) is 9.95. The van der Waals surface area contributed by atoms with E-state index in [1.54, 1.807) is 0 Å². The number of carboxylic acids is 1. The number of carbonyl (C=O) groups is 1. The van der Waals surface area contributed by atoms with Crippen LogP contribution in [-0.4, -0.2) is 24.5 Å². The van der Waals surface area contributed by atoms with Crippen molar-refractivity contribution in [3.05, 3.63) is 53.3 Å². The first-order valence-electron chi connectivity index (χ1n) is 5.35. The van der Waals surface area contributed by atoms with Gasteiger partial charge >= 0.3 is 5.97 Å². The normalized spacial score (nSPS) is 11.1. The fourth-order valence-electron chi connectivity index (χ4n) is 1.49. The summed E-state index contributed by atoms with van der Waals surface area (Å²) in [7, 11) is -3.84. The van der Waals surface area contributed by atoms with E-state index in [4.69, 9.17) is 16.7 Å². The Morgan fingerprint density at radius 3 is 2.65 bits per heavy atom. The first-order valence-corrected chi connectivity index (χ1v) is 7.21. The molecule has 0 spiro atoms. The Kier molecular flexibility index (Phi) is 3.91. The number of halogens is 1. The SMILES string of the molecule is O=C(O)c1cc(Cl)cc(NS(=O)(=O)c2cccnc2)c1. The molecule has 1 heterocycles. The van der Waals surface area contributed by atoms with Crippen molar-refractivity contribution in [1.29, 1.82) is 0 Å². The number of anilines is 1. The number of carboxylic acid groups (broad SMARTS) is 1. The van der Waals surface area contributed by atoms with Crippen molar-refractivity contribution in [3.63, 3.8) is 0 Å². The lowest BCUT2D eigenvalue weighted by atomic mass is 10.2. The summed E-state index contributed by atoms with van der Waals surface area (Å²) in [6.07, 6.45) is 2.63. The molecule has 8 heteroatoms. The van der Waals surface area contributed by atoms with Gasteiger partial charge in [-0.2, -0.15) is 0 Å². The van der Waals surface area contributed by atoms with Gasteiger partial charge in [0, 0.05) is 17.4 Å². The maximum absolute atomic E-state index is 12.1. The molecule has 20 heavy (non-hydrogen) atoms. The Balaban J connectivity index is 2.37. The third-order valence-corrected chi connectivity index (χ3v) is 3.93. The molecule has 0 atom stereocenters. The number of nitrogens with zero attached hydrogens (tertiary/aromatic N) is 1. The fraction of sp³-hybridized carbons (Fsp3) is 0. The van der Waals surface area contributed by atoms with Crippen LogP contribution in [0.4, 0.5) is 5.69 Å². The van der Waals surface area contributed by atoms with Gasteiger partial charge in [0.15, 0.2) is 0 Å². The van der Waals surface area contributed by atoms with Crippen molar-refractivity contribution >= 4 is 33.3 Å². The van der Waals surface area contributed by atoms with E-state index in [2.05, 4.69) is 9.71 Å². The van der Waals surface area contributed by atoms with Gasteiger partial charge in [0.1, 0.15) is 4.90 Å². The lowest BCUT2D eigenvalue weighted by molar-refractivity contribution is 0.0697. The standard InChI is InChI=1S/C12H9ClN2O4S/c13-9-4-8(12(16)17)5-10(6-9)15-20(18,19)11-2-1-3-14-7-11/h1-7,15H,(H,16,17). The first kappa shape index (κ1) is 14.3. The Bertz CT molecular complexity index is 747. The summed E-state index contributed by atoms with van der Waals surface area (Å²) in [6, 6.07) is 6.59. The average molecular weight is 313 g/mol. The molecule has 2 rings (SSSR count). The monoisotopic (exact) mass is 312 g/mol. The molecule has 0 aliphatic heterocycles. The highest BCUT2D eigenvalue weighted by Crippen LogP contribution is 2.22. The lowest BCUT2D eigenvalue weighted by Crippen LogP contribution is -2.13. The van der Waals surface area contributed by atoms with Crippen LogP contribution in [0.25, 0.3) is 0 Å². The summed E-state index contributed by atoms with van der Waals surface area (Å²) in [6.45, 7) is 0. The van der Waals surface area contributed by atoms with Crippen LogP contribution in [0.3, 0.4) is 0 Å². The van der Waals surface area contributed by atoms with Gasteiger partial charge < -0.3 is 5.11 Å². The van der Waals surface area contributed by atoms with Crippen molar-refractivity contribution in [1.82, 2.24) is 4.98 Å². The van der Waals surface area contributed by atoms with Crippen LogP contribution in [0, 0.1) is 0 Å². The second-order valence-electron chi connectivity index (χ2n) is 3.83. The maximum Gasteiger partial charge on any atom is 0.335 e. The van der Waals surface area contributed by atoms with Crippen LogP contribution in [0.5, 0.6) is 0 Å². The average Bonchev–Trinajstić information content (AvgIpc) is 2.38. The number of aromatic carboxylic acids is 1. The topological polar surface area (TPSA) is 96.4 Å². The number of nitrogens with one attached hydrogen (secondary N) is 1. The molecule has 1 aromatic heterocycles. The minimum atomic E-state index is -3.84. The molecular formula is C12H9ClN2O4S. The van der Waals surface area contributed by atoms with E-state index in [1.807, 2.05) is 0 Å². The van der Waals surface area contributed by atoms with Gasteiger partial charge in [0.25, 0.3) is 10.0 Å². The molecule has 0 bridgehead atoms. The molecule has 1 aromatic carbocycles. The quantitative estimate of drug-likeness (QED) is 0.902. The van der Waals surface area contributed by atoms with E-state index >= 15 is 0 Å². The van der Waals surface area contributed by atoms with Gasteiger partial charge in [-0.05, 0) is 30.3 Å². The highest BCUT2D eigenvalue weighted by atomic mass is 35.5. The van der Waals surface area contributed by atoms with Crippen molar-refractivity contribution in [2.24, 2.45) is 0 Å². The van der Waals surface area contributed by atoms with E-state index in [-0.39, 0.29) is 21.2 Å². The van der Waals surface area contributed by atoms with E-state index in [0.717, 1.165) is 0 Å². The van der Waals surface area contributed by atoms with Gasteiger partial charge in [-0.1, -0.05) is 11.6 Å². The molecule has 0 radical (unpaired) electrons. The molecule has 0 aliphatic carbocycles. The van der Waals surface area contributed by atoms with Crippen LogP contribution in [0.15, 0.2) is 47.6 Å². The third kappa shape index (κ3) is 3.25. The minimum absolute atomic E-state index is 0.0307. The van der Waals surface area contributed by atoms with Crippen LogP contribution in [-0.2, 0) is 10.0 Å². The van der Waals surface area contributed by atoms with E-state index < -0.39 is 16.0 Å². The smallest absolute Gasteiger partial charge is 0.335 e. The zero-order valence-corrected chi connectivity index (χ0v) is 11.5. The van der Waals surface area contributed by atoms with Crippen molar-refractivity contribution in [2.45, 2.75) is 4.90 Å². The molecule has 0 amide bonds. The van der Waals surface area contributed by atoms with Crippen LogP contribution in [0.2, 0.25) is 5.02 Å². The van der Waals surface area contributed by atoms with E-state index in [1.165, 1.54) is 42.7 Å². The number of rotatable bonds is 4. The van der Waals surface area contributed by atoms with Gasteiger partial charge in [-0.15, -0.1) is 0 Å². The number of sulfonamides is 1. The Morgan fingerprint density at radius 1 is 1.30 bits per heavy atom. The maximum atomic E-state index is 12.1. The Morgan fingerprint density at radius 2 is 2.05 bits per heavy atom. The molecule has 0 fully saturated rings. The molecule has 104 valence electrons. The zero-order chi connectivity index (χ0) is 14.8. The molecule has 0 aliphatic rings. The number of hydrogen-bond acceptors (Lipinski definition) is 4. The summed E-state index contributed by atoms with van der Waals surface area (Å²) >= 11 is 5.76. The van der Waals surface area contributed by atoms with Crippen LogP contribution >= 0.6 is 11.6 Å². The lowest BCUT2D eigenvalue weighted by Gasteiger charge is -2.09. The minimum Gasteiger partial charge on any atom is -0.478 e. The highest BCUT2D eigenvalue weighted by molar-refractivity contribution is 7.92. The molecule has 2 aromatic rings. The number of benzene rings is 1. The first-order chi connectivity index (χ1) is 9.38. The Hall–Kier alpha value is -2.12. The molecular weight excluding hydrogens is 304 g/mol. The Labute approximate surface area is 120 Å². The highest BCUT2D eigenvalue weighted by Gasteiger charge is 2.15. The summed E-state index contributed by atoms with van der Waals surface area (Å²) < 4.78 is 26.4. The summed E-state index contributed by atoms with van der Waals surface area (Å²) in [5.74, 6) is -1.20. The van der Waals surface area contributed by atoms with Crippen LogP contribution < -0.4 is 4.72 Å². The summed E-state index contributed by atoms with van der Waals surface area (Å²) in [5.41, 5.74) is -0.0415. The van der Waals surface area contributed by atoms with Gasteiger partial charge in [0.2, 0.25) is 0 Å². The summed E-state index contributed by atoms with van der Waals surface area (Å²) in [4.78, 5) is 14.6. The van der Waals surface area contributed by atoms with E-state index in [0.29, 0.717) is 0 Å². The second kappa shape index (κ2) is 5.48. The largest absolute Gasteiger partial charge is 0.478 e. The molecule has 2 N–H and O–H groups in total. The molecule has 0 saturated heterocycles. The van der Waals surface area contributed by atoms with Gasteiger partial charge in [0.05, 0.1) is 11.3 Å².